The predicted molar refractivity (Wildman–Crippen MR) is 150 cm³/mol. The zero-order valence-corrected chi connectivity index (χ0v) is 22.8. The number of carbonyl (C=O) groups is 3. The van der Waals surface area contributed by atoms with Gasteiger partial charge in [-0.25, -0.2) is 4.79 Å². The number of fused-ring (bicyclic) bond motifs is 1. The van der Waals surface area contributed by atoms with Crippen molar-refractivity contribution in [3.8, 4) is 17.2 Å². The van der Waals surface area contributed by atoms with E-state index in [1.165, 1.54) is 19.1 Å². The number of amides is 2. The zero-order valence-electron chi connectivity index (χ0n) is 22.0. The lowest BCUT2D eigenvalue weighted by atomic mass is 10.1. The van der Waals surface area contributed by atoms with E-state index in [1.807, 2.05) is 0 Å². The molecule has 1 saturated heterocycles. The number of aromatic nitrogens is 2. The summed E-state index contributed by atoms with van der Waals surface area (Å²) in [5.41, 5.74) is 0.410. The Labute approximate surface area is 232 Å². The van der Waals surface area contributed by atoms with Gasteiger partial charge in [0.2, 0.25) is 11.8 Å². The summed E-state index contributed by atoms with van der Waals surface area (Å²) in [6, 6.07) is 13.7. The molecule has 2 aromatic carbocycles. The molecule has 0 saturated carbocycles. The van der Waals surface area contributed by atoms with Crippen LogP contribution >= 0.6 is 11.3 Å². The number of rotatable bonds is 8. The molecular formula is C28H26N4O7S. The molecule has 1 unspecified atom stereocenters. The van der Waals surface area contributed by atoms with Gasteiger partial charge in [0.1, 0.15) is 16.5 Å². The SMILES string of the molecule is CCOC(=O)c1nn(-c2cccc(OC)c2)c(=O)c2c(NC(=O)C3CC(=O)N(c4cccc(OC)c4)C3)scc12. The lowest BCUT2D eigenvalue weighted by Crippen LogP contribution is -2.29. The number of nitrogens with one attached hydrogen (secondary N) is 1. The fraction of sp³-hybridized carbons (Fsp3) is 0.250. The Hall–Kier alpha value is -4.71. The number of anilines is 2. The van der Waals surface area contributed by atoms with Crippen LogP contribution in [0.5, 0.6) is 11.5 Å². The van der Waals surface area contributed by atoms with Crippen LogP contribution in [0.3, 0.4) is 0 Å². The molecule has 0 aliphatic carbocycles. The molecule has 1 fully saturated rings. The van der Waals surface area contributed by atoms with Gasteiger partial charge < -0.3 is 24.4 Å². The van der Waals surface area contributed by atoms with Gasteiger partial charge in [-0.05, 0) is 31.2 Å². The average molecular weight is 563 g/mol. The molecule has 3 heterocycles. The van der Waals surface area contributed by atoms with Crippen molar-refractivity contribution in [3.05, 3.63) is 70.0 Å². The van der Waals surface area contributed by atoms with Gasteiger partial charge in [-0.15, -0.1) is 11.3 Å². The van der Waals surface area contributed by atoms with E-state index in [-0.39, 0.29) is 46.9 Å². The molecule has 12 heteroatoms. The summed E-state index contributed by atoms with van der Waals surface area (Å²) in [6.45, 7) is 1.96. The Morgan fingerprint density at radius 1 is 1.05 bits per heavy atom. The summed E-state index contributed by atoms with van der Waals surface area (Å²) < 4.78 is 16.8. The van der Waals surface area contributed by atoms with Crippen LogP contribution in [0.1, 0.15) is 23.8 Å². The summed E-state index contributed by atoms with van der Waals surface area (Å²) in [7, 11) is 3.04. The van der Waals surface area contributed by atoms with Crippen LogP contribution < -0.4 is 25.2 Å². The average Bonchev–Trinajstić information content (AvgIpc) is 3.57. The Kier molecular flexibility index (Phi) is 7.52. The summed E-state index contributed by atoms with van der Waals surface area (Å²) in [5.74, 6) is -0.864. The van der Waals surface area contributed by atoms with Crippen molar-refractivity contribution in [1.29, 1.82) is 0 Å². The molecule has 0 bridgehead atoms. The van der Waals surface area contributed by atoms with E-state index in [1.54, 1.807) is 60.8 Å². The summed E-state index contributed by atoms with van der Waals surface area (Å²) in [4.78, 5) is 54.1. The van der Waals surface area contributed by atoms with Crippen molar-refractivity contribution < 1.29 is 28.6 Å². The Balaban J connectivity index is 1.50. The Bertz CT molecular complexity index is 1680. The summed E-state index contributed by atoms with van der Waals surface area (Å²) in [5, 5.41) is 9.35. The Morgan fingerprint density at radius 3 is 2.40 bits per heavy atom. The third-order valence-electron chi connectivity index (χ3n) is 6.52. The first-order valence-corrected chi connectivity index (χ1v) is 13.3. The van der Waals surface area contributed by atoms with E-state index in [2.05, 4.69) is 10.4 Å². The maximum Gasteiger partial charge on any atom is 0.359 e. The topological polar surface area (TPSA) is 129 Å². The normalized spacial score (nSPS) is 14.8. The number of thiophene rings is 1. The monoisotopic (exact) mass is 562 g/mol. The first-order valence-electron chi connectivity index (χ1n) is 12.5. The summed E-state index contributed by atoms with van der Waals surface area (Å²) >= 11 is 1.10. The quantitative estimate of drug-likeness (QED) is 0.323. The molecule has 2 amide bonds. The fourth-order valence-electron chi connectivity index (χ4n) is 4.53. The molecule has 1 N–H and O–H groups in total. The van der Waals surface area contributed by atoms with Gasteiger partial charge in [0, 0.05) is 41.6 Å². The molecule has 5 rings (SSSR count). The molecule has 206 valence electrons. The second kappa shape index (κ2) is 11.2. The number of carbonyl (C=O) groups excluding carboxylic acids is 3. The molecule has 2 aromatic heterocycles. The first-order chi connectivity index (χ1) is 19.3. The van der Waals surface area contributed by atoms with Crippen molar-refractivity contribution in [3.63, 3.8) is 0 Å². The van der Waals surface area contributed by atoms with Crippen LogP contribution in [0.15, 0.2) is 58.7 Å². The maximum absolute atomic E-state index is 13.7. The van der Waals surface area contributed by atoms with Gasteiger partial charge in [-0.1, -0.05) is 12.1 Å². The van der Waals surface area contributed by atoms with E-state index in [4.69, 9.17) is 14.2 Å². The number of hydrogen-bond donors (Lipinski definition) is 1. The van der Waals surface area contributed by atoms with Gasteiger partial charge >= 0.3 is 5.97 Å². The molecule has 1 atom stereocenters. The van der Waals surface area contributed by atoms with Gasteiger partial charge in [-0.2, -0.15) is 9.78 Å². The number of ether oxygens (including phenoxy) is 3. The molecule has 0 spiro atoms. The van der Waals surface area contributed by atoms with Gasteiger partial charge in [-0.3, -0.25) is 14.4 Å². The third kappa shape index (κ3) is 5.00. The highest BCUT2D eigenvalue weighted by Crippen LogP contribution is 2.33. The van der Waals surface area contributed by atoms with E-state index < -0.39 is 23.4 Å². The second-order valence-electron chi connectivity index (χ2n) is 8.94. The molecule has 1 aliphatic heterocycles. The van der Waals surface area contributed by atoms with Crippen LogP contribution in [-0.4, -0.2) is 54.9 Å². The van der Waals surface area contributed by atoms with Gasteiger partial charge in [0.25, 0.3) is 5.56 Å². The largest absolute Gasteiger partial charge is 0.497 e. The van der Waals surface area contributed by atoms with Crippen molar-refractivity contribution in [1.82, 2.24) is 9.78 Å². The standard InChI is InChI=1S/C28H26N4O7S/c1-4-39-28(36)24-21-15-40-26(23(21)27(35)32(30-24)18-8-6-10-20(13-18)38-3)29-25(34)16-11-22(33)31(14-16)17-7-5-9-19(12-17)37-2/h5-10,12-13,15-16H,4,11,14H2,1-3H3,(H,29,34). The number of nitrogens with zero attached hydrogens (tertiary/aromatic N) is 3. The van der Waals surface area contributed by atoms with E-state index in [0.717, 1.165) is 16.0 Å². The van der Waals surface area contributed by atoms with E-state index in [9.17, 15) is 19.2 Å². The first kappa shape index (κ1) is 26.9. The predicted octanol–water partition coefficient (Wildman–Crippen LogP) is 3.63. The molecule has 0 radical (unpaired) electrons. The molecule has 11 nitrogen and oxygen atoms in total. The number of hydrogen-bond acceptors (Lipinski definition) is 9. The highest BCUT2D eigenvalue weighted by molar-refractivity contribution is 7.16. The second-order valence-corrected chi connectivity index (χ2v) is 9.82. The highest BCUT2D eigenvalue weighted by Gasteiger charge is 2.36. The minimum atomic E-state index is -0.699. The van der Waals surface area contributed by atoms with Crippen LogP contribution in [0.25, 0.3) is 16.5 Å². The fourth-order valence-corrected chi connectivity index (χ4v) is 5.47. The number of esters is 1. The number of methoxy groups -OCH3 is 2. The van der Waals surface area contributed by atoms with Crippen molar-refractivity contribution >= 4 is 50.6 Å². The Morgan fingerprint density at radius 2 is 1.73 bits per heavy atom. The zero-order chi connectivity index (χ0) is 28.4. The molecule has 4 aromatic rings. The lowest BCUT2D eigenvalue weighted by Gasteiger charge is -2.17. The van der Waals surface area contributed by atoms with Crippen molar-refractivity contribution in [2.24, 2.45) is 5.92 Å². The van der Waals surface area contributed by atoms with Crippen LogP contribution in [0, 0.1) is 5.92 Å². The van der Waals surface area contributed by atoms with Gasteiger partial charge in [0.15, 0.2) is 5.69 Å². The maximum atomic E-state index is 13.7. The third-order valence-corrected chi connectivity index (χ3v) is 7.41. The van der Waals surface area contributed by atoms with Crippen LogP contribution in [0.4, 0.5) is 10.7 Å². The minimum absolute atomic E-state index is 0.00994. The van der Waals surface area contributed by atoms with Crippen LogP contribution in [0.2, 0.25) is 0 Å². The molecule has 1 aliphatic rings. The summed E-state index contributed by atoms with van der Waals surface area (Å²) in [6.07, 6.45) is 0.00994. The smallest absolute Gasteiger partial charge is 0.359 e. The highest BCUT2D eigenvalue weighted by atomic mass is 32.1. The van der Waals surface area contributed by atoms with Crippen molar-refractivity contribution in [2.75, 3.05) is 37.6 Å². The van der Waals surface area contributed by atoms with Crippen molar-refractivity contribution in [2.45, 2.75) is 13.3 Å². The van der Waals surface area contributed by atoms with Crippen LogP contribution in [-0.2, 0) is 14.3 Å². The van der Waals surface area contributed by atoms with Gasteiger partial charge in [0.05, 0.1) is 37.8 Å². The lowest BCUT2D eigenvalue weighted by molar-refractivity contribution is -0.122. The molecule has 40 heavy (non-hydrogen) atoms. The van der Waals surface area contributed by atoms with E-state index in [0.29, 0.717) is 22.9 Å². The minimum Gasteiger partial charge on any atom is -0.497 e. The molecular weight excluding hydrogens is 536 g/mol. The van der Waals surface area contributed by atoms with E-state index >= 15 is 0 Å². The number of benzene rings is 2.